The Morgan fingerprint density at radius 3 is 2.86 bits per heavy atom. The van der Waals surface area contributed by atoms with Crippen LogP contribution in [0.5, 0.6) is 11.5 Å². The zero-order chi connectivity index (χ0) is 15.2. The zero-order valence-corrected chi connectivity index (χ0v) is 12.0. The highest BCUT2D eigenvalue weighted by Crippen LogP contribution is 2.28. The Morgan fingerprint density at radius 2 is 2.24 bits per heavy atom. The lowest BCUT2D eigenvalue weighted by Gasteiger charge is -2.15. The minimum Gasteiger partial charge on any atom is -0.493 e. The summed E-state index contributed by atoms with van der Waals surface area (Å²) < 4.78 is 12.5. The van der Waals surface area contributed by atoms with Gasteiger partial charge in [0.2, 0.25) is 0 Å². The number of nitrogens with zero attached hydrogens (tertiary/aromatic N) is 2. The molecule has 1 atom stereocenters. The molecule has 0 spiro atoms. The van der Waals surface area contributed by atoms with Crippen LogP contribution in [0.3, 0.4) is 0 Å². The molecule has 112 valence electrons. The third kappa shape index (κ3) is 4.06. The Morgan fingerprint density at radius 1 is 1.43 bits per heavy atom. The highest BCUT2D eigenvalue weighted by Gasteiger charge is 2.11. The second-order valence-corrected chi connectivity index (χ2v) is 4.65. The number of ketones is 1. The van der Waals surface area contributed by atoms with Gasteiger partial charge in [-0.25, -0.2) is 4.98 Å². The summed E-state index contributed by atoms with van der Waals surface area (Å²) in [7, 11) is 1.51. The molecule has 0 saturated carbocycles. The van der Waals surface area contributed by atoms with Crippen LogP contribution < -0.4 is 9.47 Å². The summed E-state index contributed by atoms with van der Waals surface area (Å²) in [6.45, 7) is 2.01. The molecular formula is C15H18N2O4. The number of carbonyl (C=O) groups is 1. The lowest BCUT2D eigenvalue weighted by atomic mass is 10.1. The summed E-state index contributed by atoms with van der Waals surface area (Å²) in [4.78, 5) is 15.2. The van der Waals surface area contributed by atoms with Gasteiger partial charge in [0.1, 0.15) is 12.7 Å². The van der Waals surface area contributed by atoms with Gasteiger partial charge in [-0.05, 0) is 25.1 Å². The fourth-order valence-corrected chi connectivity index (χ4v) is 1.88. The van der Waals surface area contributed by atoms with Gasteiger partial charge in [-0.15, -0.1) is 0 Å². The van der Waals surface area contributed by atoms with Crippen molar-refractivity contribution in [3.63, 3.8) is 0 Å². The maximum atomic E-state index is 11.3. The Balaban J connectivity index is 1.97. The van der Waals surface area contributed by atoms with Crippen molar-refractivity contribution in [3.8, 4) is 11.5 Å². The van der Waals surface area contributed by atoms with Crippen molar-refractivity contribution in [1.29, 1.82) is 0 Å². The van der Waals surface area contributed by atoms with Crippen LogP contribution in [0, 0.1) is 0 Å². The molecule has 1 heterocycles. The van der Waals surface area contributed by atoms with E-state index in [0.717, 1.165) is 0 Å². The summed E-state index contributed by atoms with van der Waals surface area (Å²) in [6.07, 6.45) is 4.38. The van der Waals surface area contributed by atoms with Crippen LogP contribution in [0.2, 0.25) is 0 Å². The van der Waals surface area contributed by atoms with E-state index in [4.69, 9.17) is 9.47 Å². The second-order valence-electron chi connectivity index (χ2n) is 4.65. The molecule has 0 unspecified atom stereocenters. The fraction of sp³-hybridized carbons (Fsp3) is 0.333. The Labute approximate surface area is 122 Å². The first-order chi connectivity index (χ1) is 10.1. The number of methoxy groups -OCH3 is 1. The van der Waals surface area contributed by atoms with Crippen LogP contribution in [-0.2, 0) is 6.54 Å². The quantitative estimate of drug-likeness (QED) is 0.783. The standard InChI is InChI=1S/C15H18N2O4/c1-11(18)12-3-4-14(15(7-12)20-2)21-9-13(19)8-17-6-5-16-10-17/h3-7,10,13,19H,8-9H2,1-2H3/t13-/m0/s1. The minimum absolute atomic E-state index is 0.0417. The molecule has 0 radical (unpaired) electrons. The van der Waals surface area contributed by atoms with E-state index in [1.54, 1.807) is 41.5 Å². The maximum absolute atomic E-state index is 11.3. The van der Waals surface area contributed by atoms with Gasteiger partial charge in [0.25, 0.3) is 0 Å². The maximum Gasteiger partial charge on any atom is 0.161 e. The molecule has 2 aromatic rings. The molecule has 0 aliphatic carbocycles. The number of rotatable bonds is 7. The lowest BCUT2D eigenvalue weighted by Crippen LogP contribution is -2.23. The molecule has 21 heavy (non-hydrogen) atoms. The third-order valence-electron chi connectivity index (χ3n) is 2.98. The number of hydrogen-bond donors (Lipinski definition) is 1. The number of benzene rings is 1. The van der Waals surface area contributed by atoms with Crippen LogP contribution in [-0.4, -0.2) is 40.3 Å². The average Bonchev–Trinajstić information content (AvgIpc) is 2.97. The van der Waals surface area contributed by atoms with Crippen LogP contribution in [0.1, 0.15) is 17.3 Å². The van der Waals surface area contributed by atoms with Gasteiger partial charge in [-0.3, -0.25) is 4.79 Å². The number of aliphatic hydroxyl groups is 1. The molecule has 0 aliphatic rings. The number of hydrogen-bond acceptors (Lipinski definition) is 5. The first-order valence-corrected chi connectivity index (χ1v) is 6.55. The van der Waals surface area contributed by atoms with Crippen molar-refractivity contribution in [2.45, 2.75) is 19.6 Å². The van der Waals surface area contributed by atoms with E-state index < -0.39 is 6.10 Å². The number of aromatic nitrogens is 2. The SMILES string of the molecule is COc1cc(C(C)=O)ccc1OC[C@@H](O)Cn1ccnc1. The van der Waals surface area contributed by atoms with E-state index >= 15 is 0 Å². The molecular weight excluding hydrogens is 272 g/mol. The molecule has 1 N–H and O–H groups in total. The normalized spacial score (nSPS) is 12.0. The predicted octanol–water partition coefficient (Wildman–Crippen LogP) is 1.53. The topological polar surface area (TPSA) is 73.6 Å². The fourth-order valence-electron chi connectivity index (χ4n) is 1.88. The summed E-state index contributed by atoms with van der Waals surface area (Å²) in [5.41, 5.74) is 0.554. The van der Waals surface area contributed by atoms with Crippen molar-refractivity contribution in [1.82, 2.24) is 9.55 Å². The summed E-state index contributed by atoms with van der Waals surface area (Å²) >= 11 is 0. The smallest absolute Gasteiger partial charge is 0.161 e. The monoisotopic (exact) mass is 290 g/mol. The minimum atomic E-state index is -0.670. The summed E-state index contributed by atoms with van der Waals surface area (Å²) in [5.74, 6) is 0.921. The van der Waals surface area contributed by atoms with Crippen molar-refractivity contribution in [2.24, 2.45) is 0 Å². The van der Waals surface area contributed by atoms with Crippen LogP contribution in [0.15, 0.2) is 36.9 Å². The van der Waals surface area contributed by atoms with Gasteiger partial charge < -0.3 is 19.1 Å². The zero-order valence-electron chi connectivity index (χ0n) is 12.0. The number of imidazole rings is 1. The number of Topliss-reactive ketones (excluding diaryl/α,β-unsaturated/α-hetero) is 1. The lowest BCUT2D eigenvalue weighted by molar-refractivity contribution is 0.0908. The molecule has 0 fully saturated rings. The van der Waals surface area contributed by atoms with E-state index in [1.165, 1.54) is 14.0 Å². The van der Waals surface area contributed by atoms with Gasteiger partial charge in [-0.1, -0.05) is 0 Å². The van der Waals surface area contributed by atoms with Crippen LogP contribution in [0.4, 0.5) is 0 Å². The molecule has 1 aromatic heterocycles. The Hall–Kier alpha value is -2.34. The summed E-state index contributed by atoms with van der Waals surface area (Å²) in [5, 5.41) is 9.92. The number of ether oxygens (including phenoxy) is 2. The Kier molecular flexibility index (Phi) is 4.94. The molecule has 0 amide bonds. The molecule has 1 aromatic carbocycles. The molecule has 6 nitrogen and oxygen atoms in total. The van der Waals surface area contributed by atoms with Crippen molar-refractivity contribution < 1.29 is 19.4 Å². The number of carbonyl (C=O) groups excluding carboxylic acids is 1. The molecule has 6 heteroatoms. The van der Waals surface area contributed by atoms with Crippen LogP contribution in [0.25, 0.3) is 0 Å². The molecule has 0 bridgehead atoms. The van der Waals surface area contributed by atoms with Crippen LogP contribution >= 0.6 is 0 Å². The third-order valence-corrected chi connectivity index (χ3v) is 2.98. The van der Waals surface area contributed by atoms with E-state index in [2.05, 4.69) is 4.98 Å². The predicted molar refractivity (Wildman–Crippen MR) is 76.7 cm³/mol. The highest BCUT2D eigenvalue weighted by molar-refractivity contribution is 5.94. The van der Waals surface area contributed by atoms with E-state index in [0.29, 0.717) is 23.6 Å². The van der Waals surface area contributed by atoms with Gasteiger partial charge in [0.05, 0.1) is 20.0 Å². The molecule has 0 saturated heterocycles. The average molecular weight is 290 g/mol. The first-order valence-electron chi connectivity index (χ1n) is 6.55. The highest BCUT2D eigenvalue weighted by atomic mass is 16.5. The van der Waals surface area contributed by atoms with Crippen molar-refractivity contribution >= 4 is 5.78 Å². The van der Waals surface area contributed by atoms with Gasteiger partial charge >= 0.3 is 0 Å². The second kappa shape index (κ2) is 6.90. The first kappa shape index (κ1) is 15.1. The van der Waals surface area contributed by atoms with Gasteiger partial charge in [0, 0.05) is 18.0 Å². The summed E-state index contributed by atoms with van der Waals surface area (Å²) in [6, 6.07) is 4.96. The molecule has 0 aliphatic heterocycles. The van der Waals surface area contributed by atoms with Gasteiger partial charge in [0.15, 0.2) is 17.3 Å². The van der Waals surface area contributed by atoms with E-state index in [1.807, 2.05) is 0 Å². The van der Waals surface area contributed by atoms with Crippen molar-refractivity contribution in [3.05, 3.63) is 42.5 Å². The molecule has 2 rings (SSSR count). The van der Waals surface area contributed by atoms with E-state index in [9.17, 15) is 9.90 Å². The largest absolute Gasteiger partial charge is 0.493 e. The Bertz CT molecular complexity index is 596. The number of aliphatic hydroxyl groups excluding tert-OH is 1. The van der Waals surface area contributed by atoms with Gasteiger partial charge in [-0.2, -0.15) is 0 Å². The van der Waals surface area contributed by atoms with Crippen molar-refractivity contribution in [2.75, 3.05) is 13.7 Å². The van der Waals surface area contributed by atoms with E-state index in [-0.39, 0.29) is 12.4 Å².